The first-order chi connectivity index (χ1) is 13.7. The highest BCUT2D eigenvalue weighted by Crippen LogP contribution is 2.24. The lowest BCUT2D eigenvalue weighted by Gasteiger charge is -2.33. The Balaban J connectivity index is 1.66. The third-order valence-corrected chi connectivity index (χ3v) is 6.62. The molecule has 1 aliphatic rings. The van der Waals surface area contributed by atoms with Gasteiger partial charge in [-0.3, -0.25) is 4.79 Å². The van der Waals surface area contributed by atoms with E-state index >= 15 is 0 Å². The summed E-state index contributed by atoms with van der Waals surface area (Å²) in [6, 6.07) is 8.11. The fourth-order valence-electron chi connectivity index (χ4n) is 2.84. The fourth-order valence-corrected chi connectivity index (χ4v) is 4.45. The lowest BCUT2D eigenvalue weighted by molar-refractivity contribution is -0.127. The second-order valence-corrected chi connectivity index (χ2v) is 8.63. The van der Waals surface area contributed by atoms with Crippen LogP contribution in [0.2, 0.25) is 5.02 Å². The van der Waals surface area contributed by atoms with E-state index in [2.05, 4.69) is 0 Å². The van der Waals surface area contributed by atoms with Crippen molar-refractivity contribution in [2.45, 2.75) is 4.90 Å². The number of nitrogens with zero attached hydrogens (tertiary/aromatic N) is 2. The second-order valence-electron chi connectivity index (χ2n) is 6.29. The van der Waals surface area contributed by atoms with E-state index in [1.54, 1.807) is 30.3 Å². The molecule has 0 radical (unpaired) electrons. The Hall–Kier alpha value is -2.36. The monoisotopic (exact) mass is 444 g/mol. The van der Waals surface area contributed by atoms with Crippen LogP contribution in [0.4, 0.5) is 13.2 Å². The van der Waals surface area contributed by atoms with E-state index in [0.29, 0.717) is 17.2 Å². The Morgan fingerprint density at radius 1 is 0.931 bits per heavy atom. The summed E-state index contributed by atoms with van der Waals surface area (Å²) in [6.07, 6.45) is 2.97. The summed E-state index contributed by atoms with van der Waals surface area (Å²) in [5.41, 5.74) is 0.776. The number of piperazine rings is 1. The number of carbonyl (C=O) groups is 1. The summed E-state index contributed by atoms with van der Waals surface area (Å²) in [6.45, 7) is -0.0365. The maximum atomic E-state index is 13.9. The topological polar surface area (TPSA) is 57.7 Å². The van der Waals surface area contributed by atoms with Crippen LogP contribution in [0.15, 0.2) is 47.4 Å². The first kappa shape index (κ1) is 21.4. The van der Waals surface area contributed by atoms with E-state index in [4.69, 9.17) is 11.6 Å². The van der Waals surface area contributed by atoms with E-state index in [0.717, 1.165) is 9.87 Å². The third kappa shape index (κ3) is 4.63. The van der Waals surface area contributed by atoms with Crippen molar-refractivity contribution in [1.29, 1.82) is 0 Å². The van der Waals surface area contributed by atoms with Gasteiger partial charge < -0.3 is 4.90 Å². The van der Waals surface area contributed by atoms with Crippen LogP contribution in [0.3, 0.4) is 0 Å². The Morgan fingerprint density at radius 3 is 2.17 bits per heavy atom. The molecule has 1 amide bonds. The summed E-state index contributed by atoms with van der Waals surface area (Å²) in [5.74, 6) is -5.37. The minimum atomic E-state index is -4.36. The highest BCUT2D eigenvalue weighted by molar-refractivity contribution is 7.89. The molecule has 29 heavy (non-hydrogen) atoms. The molecule has 1 heterocycles. The summed E-state index contributed by atoms with van der Waals surface area (Å²) < 4.78 is 66.4. The van der Waals surface area contributed by atoms with E-state index in [-0.39, 0.29) is 32.1 Å². The molecular formula is C19H16ClF3N2O3S. The van der Waals surface area contributed by atoms with Crippen molar-refractivity contribution in [2.75, 3.05) is 26.2 Å². The van der Waals surface area contributed by atoms with Gasteiger partial charge in [-0.1, -0.05) is 23.7 Å². The Labute approximate surface area is 171 Å². The number of benzene rings is 2. The Bertz CT molecular complexity index is 1050. The number of hydrogen-bond donors (Lipinski definition) is 0. The average Bonchev–Trinajstić information content (AvgIpc) is 2.71. The third-order valence-electron chi connectivity index (χ3n) is 4.46. The molecule has 0 saturated carbocycles. The van der Waals surface area contributed by atoms with E-state index in [9.17, 15) is 26.4 Å². The van der Waals surface area contributed by atoms with Crippen LogP contribution < -0.4 is 0 Å². The largest absolute Gasteiger partial charge is 0.337 e. The van der Waals surface area contributed by atoms with E-state index in [1.807, 2.05) is 0 Å². The van der Waals surface area contributed by atoms with Gasteiger partial charge in [-0.15, -0.1) is 0 Å². The molecule has 10 heteroatoms. The molecule has 0 aliphatic carbocycles. The smallest absolute Gasteiger partial charge is 0.246 e. The van der Waals surface area contributed by atoms with Gasteiger partial charge in [-0.25, -0.2) is 21.6 Å². The lowest BCUT2D eigenvalue weighted by Crippen LogP contribution is -2.50. The molecule has 0 aromatic heterocycles. The van der Waals surface area contributed by atoms with Crippen molar-refractivity contribution in [1.82, 2.24) is 9.21 Å². The molecule has 1 fully saturated rings. The summed E-state index contributed by atoms with van der Waals surface area (Å²) in [7, 11) is -4.36. The number of carbonyl (C=O) groups excluding carboxylic acids is 1. The first-order valence-corrected chi connectivity index (χ1v) is 10.4. The van der Waals surface area contributed by atoms with Crippen molar-refractivity contribution in [3.05, 3.63) is 70.5 Å². The van der Waals surface area contributed by atoms with Gasteiger partial charge in [-0.05, 0) is 35.9 Å². The van der Waals surface area contributed by atoms with Crippen molar-refractivity contribution < 1.29 is 26.4 Å². The van der Waals surface area contributed by atoms with Crippen molar-refractivity contribution in [2.24, 2.45) is 0 Å². The molecular weight excluding hydrogens is 429 g/mol. The molecule has 154 valence electrons. The molecule has 0 bridgehead atoms. The number of sulfonamides is 1. The predicted molar refractivity (Wildman–Crippen MR) is 102 cm³/mol. The average molecular weight is 445 g/mol. The molecule has 0 atom stereocenters. The van der Waals surface area contributed by atoms with E-state index in [1.165, 1.54) is 11.0 Å². The molecule has 5 nitrogen and oxygen atoms in total. The minimum absolute atomic E-state index is 0.0777. The zero-order chi connectivity index (χ0) is 21.2. The van der Waals surface area contributed by atoms with E-state index < -0.39 is 32.4 Å². The molecule has 2 aromatic rings. The minimum Gasteiger partial charge on any atom is -0.337 e. The summed E-state index contributed by atoms with van der Waals surface area (Å²) >= 11 is 5.80. The van der Waals surface area contributed by atoms with Gasteiger partial charge in [0.1, 0.15) is 4.90 Å². The number of amides is 1. The summed E-state index contributed by atoms with van der Waals surface area (Å²) in [5, 5.41) is 0.572. The van der Waals surface area contributed by atoms with Crippen molar-refractivity contribution >= 4 is 33.6 Å². The SMILES string of the molecule is O=C(/C=C/c1ccc(Cl)cc1)N1CCN(S(=O)(=O)c2ccc(F)c(F)c2F)CC1. The lowest BCUT2D eigenvalue weighted by atomic mass is 10.2. The van der Waals surface area contributed by atoms with Crippen LogP contribution >= 0.6 is 11.6 Å². The van der Waals surface area contributed by atoms with Crippen molar-refractivity contribution in [3.8, 4) is 0 Å². The predicted octanol–water partition coefficient (Wildman–Crippen LogP) is 3.30. The molecule has 0 spiro atoms. The van der Waals surface area contributed by atoms with Gasteiger partial charge in [0.25, 0.3) is 0 Å². The highest BCUT2D eigenvalue weighted by Gasteiger charge is 2.33. The van der Waals surface area contributed by atoms with Gasteiger partial charge in [0.15, 0.2) is 17.5 Å². The standard InChI is InChI=1S/C19H16ClF3N2O3S/c20-14-4-1-13(2-5-14)3-8-17(26)24-9-11-25(12-10-24)29(27,28)16-7-6-15(21)18(22)19(16)23/h1-8H,9-12H2/b8-3+. The van der Waals surface area contributed by atoms with Crippen LogP contribution in [0.5, 0.6) is 0 Å². The van der Waals surface area contributed by atoms with Gasteiger partial charge >= 0.3 is 0 Å². The highest BCUT2D eigenvalue weighted by atomic mass is 35.5. The van der Waals surface area contributed by atoms with Gasteiger partial charge in [0, 0.05) is 37.3 Å². The number of hydrogen-bond acceptors (Lipinski definition) is 3. The zero-order valence-electron chi connectivity index (χ0n) is 15.0. The molecule has 3 rings (SSSR count). The fraction of sp³-hybridized carbons (Fsp3) is 0.211. The normalized spacial score (nSPS) is 15.8. The van der Waals surface area contributed by atoms with Gasteiger partial charge in [0.2, 0.25) is 15.9 Å². The van der Waals surface area contributed by atoms with Crippen LogP contribution in [0.1, 0.15) is 5.56 Å². The van der Waals surface area contributed by atoms with Gasteiger partial charge in [-0.2, -0.15) is 4.31 Å². The first-order valence-electron chi connectivity index (χ1n) is 8.56. The quantitative estimate of drug-likeness (QED) is 0.537. The zero-order valence-corrected chi connectivity index (χ0v) is 16.6. The molecule has 0 unspecified atom stereocenters. The van der Waals surface area contributed by atoms with Crippen LogP contribution in [-0.4, -0.2) is 49.7 Å². The maximum absolute atomic E-state index is 13.9. The number of halogens is 4. The number of rotatable bonds is 4. The second kappa shape index (κ2) is 8.56. The Morgan fingerprint density at radius 2 is 1.55 bits per heavy atom. The maximum Gasteiger partial charge on any atom is 0.246 e. The van der Waals surface area contributed by atoms with Crippen LogP contribution in [0.25, 0.3) is 6.08 Å². The van der Waals surface area contributed by atoms with Crippen LogP contribution in [0, 0.1) is 17.5 Å². The Kier molecular flexibility index (Phi) is 6.30. The van der Waals surface area contributed by atoms with Gasteiger partial charge in [0.05, 0.1) is 0 Å². The summed E-state index contributed by atoms with van der Waals surface area (Å²) in [4.78, 5) is 12.8. The molecule has 0 N–H and O–H groups in total. The van der Waals surface area contributed by atoms with Crippen molar-refractivity contribution in [3.63, 3.8) is 0 Å². The molecule has 2 aromatic carbocycles. The van der Waals surface area contributed by atoms with Crippen LogP contribution in [-0.2, 0) is 14.8 Å². The molecule has 1 saturated heterocycles. The molecule has 1 aliphatic heterocycles.